The van der Waals surface area contributed by atoms with Crippen molar-refractivity contribution in [3.63, 3.8) is 0 Å². The minimum Gasteiger partial charge on any atom is -0.484 e. The van der Waals surface area contributed by atoms with Gasteiger partial charge in [-0.25, -0.2) is 19.9 Å². The van der Waals surface area contributed by atoms with Crippen LogP contribution in [-0.2, 0) is 5.41 Å². The van der Waals surface area contributed by atoms with E-state index in [-0.39, 0.29) is 5.41 Å². The minimum absolute atomic E-state index is 0.229. The number of fused-ring (bicyclic) bond motifs is 1. The van der Waals surface area contributed by atoms with E-state index in [4.69, 9.17) is 9.47 Å². The van der Waals surface area contributed by atoms with Crippen molar-refractivity contribution in [3.8, 4) is 22.9 Å². The molecule has 4 rings (SSSR count). The number of rotatable bonds is 6. The Morgan fingerprint density at radius 1 is 1.13 bits per heavy atom. The van der Waals surface area contributed by atoms with Crippen molar-refractivity contribution >= 4 is 5.82 Å². The van der Waals surface area contributed by atoms with Crippen LogP contribution in [0.15, 0.2) is 36.9 Å². The molecule has 0 aliphatic carbocycles. The maximum absolute atomic E-state index is 13.5. The Kier molecular flexibility index (Phi) is 5.48. The van der Waals surface area contributed by atoms with Gasteiger partial charge in [0.25, 0.3) is 5.88 Å². The largest absolute Gasteiger partial charge is 0.484 e. The first kappa shape index (κ1) is 20.0. The van der Waals surface area contributed by atoms with E-state index in [9.17, 15) is 4.39 Å². The summed E-state index contributed by atoms with van der Waals surface area (Å²) in [6.45, 7) is 7.63. The molecule has 0 unspecified atom stereocenters. The van der Waals surface area contributed by atoms with E-state index in [1.54, 1.807) is 19.2 Å². The summed E-state index contributed by atoms with van der Waals surface area (Å²) >= 11 is 0. The molecule has 1 N–H and O–H groups in total. The van der Waals surface area contributed by atoms with E-state index in [0.29, 0.717) is 48.5 Å². The number of hydrogen-bond acceptors (Lipinski definition) is 7. The normalized spacial score (nSPS) is 14.8. The number of ether oxygens (including phenoxy) is 2. The maximum Gasteiger partial charge on any atom is 0.257 e. The molecule has 3 aromatic rings. The zero-order valence-electron chi connectivity index (χ0n) is 17.3. The van der Waals surface area contributed by atoms with Crippen molar-refractivity contribution in [3.05, 3.63) is 54.0 Å². The van der Waals surface area contributed by atoms with Crippen molar-refractivity contribution in [2.45, 2.75) is 32.6 Å². The minimum atomic E-state index is -0.475. The van der Waals surface area contributed by atoms with E-state index in [2.05, 4.69) is 39.1 Å². The molecule has 0 fully saturated rings. The second kappa shape index (κ2) is 8.22. The van der Waals surface area contributed by atoms with E-state index in [1.165, 1.54) is 12.5 Å². The lowest BCUT2D eigenvalue weighted by molar-refractivity contribution is 0.160. The molecule has 1 aliphatic rings. The van der Waals surface area contributed by atoms with Crippen LogP contribution in [0.3, 0.4) is 0 Å². The molecule has 156 valence electrons. The Bertz CT molecular complexity index is 1060. The van der Waals surface area contributed by atoms with Gasteiger partial charge < -0.3 is 14.8 Å². The topological polar surface area (TPSA) is 82.1 Å². The summed E-state index contributed by atoms with van der Waals surface area (Å²) < 4.78 is 25.0. The second-order valence-corrected chi connectivity index (χ2v) is 7.58. The highest BCUT2D eigenvalue weighted by Crippen LogP contribution is 2.40. The van der Waals surface area contributed by atoms with Crippen LogP contribution in [0, 0.1) is 12.9 Å². The fourth-order valence-corrected chi connectivity index (χ4v) is 3.44. The molecule has 1 aliphatic heterocycles. The van der Waals surface area contributed by atoms with Gasteiger partial charge in [0.05, 0.1) is 5.69 Å². The lowest BCUT2D eigenvalue weighted by Gasteiger charge is -2.32. The first-order valence-electron chi connectivity index (χ1n) is 9.93. The van der Waals surface area contributed by atoms with Gasteiger partial charge >= 0.3 is 0 Å². The molecular formula is C22H24FN5O2. The summed E-state index contributed by atoms with van der Waals surface area (Å²) in [5.41, 5.74) is 2.72. The number of nitrogens with one attached hydrogen (secondary N) is 1. The summed E-state index contributed by atoms with van der Waals surface area (Å²) in [7, 11) is 0. The van der Waals surface area contributed by atoms with Gasteiger partial charge in [-0.2, -0.15) is 4.39 Å². The van der Waals surface area contributed by atoms with Gasteiger partial charge in [0, 0.05) is 47.1 Å². The molecule has 0 aromatic carbocycles. The standard InChI is InChI=1S/C22H24FN5O2/c1-4-22(3,16-5-6-24-21-19(16)29-7-8-30-21)12-26-18-10-17(27-13-28-18)15-9-14(2)20(23)25-11-15/h5-6,9-11,13H,4,7-8,12H2,1-3H3,(H,26,27,28)/t22-/m1/s1. The molecule has 0 spiro atoms. The van der Waals surface area contributed by atoms with Gasteiger partial charge in [0.1, 0.15) is 25.4 Å². The molecule has 8 heteroatoms. The van der Waals surface area contributed by atoms with Crippen LogP contribution in [0.4, 0.5) is 10.2 Å². The molecule has 30 heavy (non-hydrogen) atoms. The number of anilines is 1. The van der Waals surface area contributed by atoms with E-state index < -0.39 is 5.95 Å². The highest BCUT2D eigenvalue weighted by atomic mass is 19.1. The third kappa shape index (κ3) is 3.90. The summed E-state index contributed by atoms with van der Waals surface area (Å²) in [6.07, 6.45) is 5.60. The van der Waals surface area contributed by atoms with Crippen LogP contribution in [-0.4, -0.2) is 39.7 Å². The molecular weight excluding hydrogens is 385 g/mol. The molecule has 7 nitrogen and oxygen atoms in total. The first-order chi connectivity index (χ1) is 14.5. The van der Waals surface area contributed by atoms with Gasteiger partial charge in [0.15, 0.2) is 5.75 Å². The van der Waals surface area contributed by atoms with E-state index in [1.807, 2.05) is 12.1 Å². The number of aromatic nitrogens is 4. The zero-order chi connectivity index (χ0) is 21.1. The van der Waals surface area contributed by atoms with E-state index in [0.717, 1.165) is 17.5 Å². The SMILES string of the molecule is CC[C@](C)(CNc1cc(-c2cnc(F)c(C)c2)ncn1)c1ccnc2c1OCCO2. The Balaban J connectivity index is 1.57. The molecule has 0 saturated heterocycles. The Labute approximate surface area is 174 Å². The predicted octanol–water partition coefficient (Wildman–Crippen LogP) is 3.93. The zero-order valence-corrected chi connectivity index (χ0v) is 17.3. The molecule has 0 radical (unpaired) electrons. The number of nitrogens with zero attached hydrogens (tertiary/aromatic N) is 4. The summed E-state index contributed by atoms with van der Waals surface area (Å²) in [5, 5.41) is 3.42. The Hall–Kier alpha value is -3.29. The van der Waals surface area contributed by atoms with Crippen molar-refractivity contribution in [1.82, 2.24) is 19.9 Å². The van der Waals surface area contributed by atoms with Crippen molar-refractivity contribution in [1.29, 1.82) is 0 Å². The highest BCUT2D eigenvalue weighted by molar-refractivity contribution is 5.62. The van der Waals surface area contributed by atoms with Gasteiger partial charge in [-0.15, -0.1) is 0 Å². The van der Waals surface area contributed by atoms with Gasteiger partial charge in [-0.1, -0.05) is 13.8 Å². The number of aryl methyl sites for hydroxylation is 1. The molecule has 3 aromatic heterocycles. The third-order valence-electron chi connectivity index (χ3n) is 5.51. The van der Waals surface area contributed by atoms with Gasteiger partial charge in [0.2, 0.25) is 5.95 Å². The average molecular weight is 409 g/mol. The average Bonchev–Trinajstić information content (AvgIpc) is 2.79. The first-order valence-corrected chi connectivity index (χ1v) is 9.93. The Morgan fingerprint density at radius 3 is 2.77 bits per heavy atom. The van der Waals surface area contributed by atoms with Crippen LogP contribution in [0.2, 0.25) is 0 Å². The number of halogens is 1. The molecule has 0 amide bonds. The van der Waals surface area contributed by atoms with Crippen molar-refractivity contribution in [2.75, 3.05) is 25.1 Å². The third-order valence-corrected chi connectivity index (χ3v) is 5.51. The predicted molar refractivity (Wildman–Crippen MR) is 111 cm³/mol. The Morgan fingerprint density at radius 2 is 1.97 bits per heavy atom. The van der Waals surface area contributed by atoms with Crippen molar-refractivity contribution < 1.29 is 13.9 Å². The van der Waals surface area contributed by atoms with Crippen LogP contribution in [0.1, 0.15) is 31.4 Å². The van der Waals surface area contributed by atoms with Crippen LogP contribution in [0.25, 0.3) is 11.3 Å². The smallest absolute Gasteiger partial charge is 0.257 e. The van der Waals surface area contributed by atoms with Crippen LogP contribution < -0.4 is 14.8 Å². The lowest BCUT2D eigenvalue weighted by Crippen LogP contribution is -2.32. The molecule has 0 saturated carbocycles. The number of pyridine rings is 2. The number of hydrogen-bond donors (Lipinski definition) is 1. The maximum atomic E-state index is 13.5. The quantitative estimate of drug-likeness (QED) is 0.618. The monoisotopic (exact) mass is 409 g/mol. The summed E-state index contributed by atoms with van der Waals surface area (Å²) in [5.74, 6) is 1.46. The molecule has 0 bridgehead atoms. The highest BCUT2D eigenvalue weighted by Gasteiger charge is 2.31. The van der Waals surface area contributed by atoms with Gasteiger partial charge in [-0.05, 0) is 25.5 Å². The van der Waals surface area contributed by atoms with Crippen LogP contribution in [0.5, 0.6) is 11.6 Å². The van der Waals surface area contributed by atoms with Crippen LogP contribution >= 0.6 is 0 Å². The summed E-state index contributed by atoms with van der Waals surface area (Å²) in [6, 6.07) is 5.55. The molecule has 1 atom stereocenters. The molecule has 4 heterocycles. The summed E-state index contributed by atoms with van der Waals surface area (Å²) in [4.78, 5) is 16.7. The fraction of sp³-hybridized carbons (Fsp3) is 0.364. The van der Waals surface area contributed by atoms with Crippen molar-refractivity contribution in [2.24, 2.45) is 0 Å². The van der Waals surface area contributed by atoms with E-state index >= 15 is 0 Å². The van der Waals surface area contributed by atoms with Gasteiger partial charge in [-0.3, -0.25) is 0 Å². The second-order valence-electron chi connectivity index (χ2n) is 7.58. The fourth-order valence-electron chi connectivity index (χ4n) is 3.44. The lowest BCUT2D eigenvalue weighted by atomic mass is 9.79.